The summed E-state index contributed by atoms with van der Waals surface area (Å²) in [5.41, 5.74) is 0.595. The number of Topliss-reactive ketones (excluding diaryl/α,β-unsaturated/α-hetero) is 1. The number of cyclic esters (lactones) is 2. The molecule has 1 aromatic rings. The number of benzene rings is 1. The first-order valence-electron chi connectivity index (χ1n) is 15.6. The van der Waals surface area contributed by atoms with Crippen LogP contribution in [0.25, 0.3) is 0 Å². The summed E-state index contributed by atoms with van der Waals surface area (Å²) >= 11 is 0. The number of nitrogens with zero attached hydrogens (tertiary/aromatic N) is 4. The number of urea groups is 1. The van der Waals surface area contributed by atoms with Crippen LogP contribution in [0.4, 0.5) is 4.79 Å². The molecule has 0 radical (unpaired) electrons. The van der Waals surface area contributed by atoms with E-state index >= 15 is 0 Å². The second kappa shape index (κ2) is 15.3. The molecule has 0 N–H and O–H groups in total. The van der Waals surface area contributed by atoms with Crippen LogP contribution in [0.3, 0.4) is 0 Å². The zero-order chi connectivity index (χ0) is 30.8. The average Bonchev–Trinajstić information content (AvgIpc) is 3.67. The third-order valence-corrected chi connectivity index (χ3v) is 8.25. The van der Waals surface area contributed by atoms with Crippen LogP contribution in [-0.2, 0) is 19.1 Å². The number of esters is 2. The van der Waals surface area contributed by atoms with Crippen LogP contribution in [0.2, 0.25) is 0 Å². The predicted molar refractivity (Wildman–Crippen MR) is 161 cm³/mol. The maximum atomic E-state index is 14.4. The molecule has 2 fully saturated rings. The minimum absolute atomic E-state index is 0.0262. The van der Waals surface area contributed by atoms with Crippen molar-refractivity contribution in [1.29, 1.82) is 0 Å². The van der Waals surface area contributed by atoms with Gasteiger partial charge in [0.2, 0.25) is 0 Å². The summed E-state index contributed by atoms with van der Waals surface area (Å²) in [4.78, 5) is 59.3. The van der Waals surface area contributed by atoms with Crippen molar-refractivity contribution in [3.05, 3.63) is 42.0 Å². The summed E-state index contributed by atoms with van der Waals surface area (Å²) in [6.07, 6.45) is 7.34. The normalized spacial score (nSPS) is 18.8. The highest BCUT2D eigenvalue weighted by molar-refractivity contribution is 5.94. The first-order chi connectivity index (χ1) is 20.7. The molecule has 11 heteroatoms. The van der Waals surface area contributed by atoms with Crippen LogP contribution in [0, 0.1) is 0 Å². The molecule has 0 aromatic heterocycles. The number of ketones is 1. The molecule has 0 aliphatic carbocycles. The highest BCUT2D eigenvalue weighted by atomic mass is 16.8. The molecule has 0 spiro atoms. The summed E-state index contributed by atoms with van der Waals surface area (Å²) in [6.45, 7) is 11.2. The summed E-state index contributed by atoms with van der Waals surface area (Å²) in [5.74, 6) is -2.76. The van der Waals surface area contributed by atoms with Gasteiger partial charge in [0, 0.05) is 36.8 Å². The molecule has 43 heavy (non-hydrogen) atoms. The molecule has 2 amide bonds. The maximum absolute atomic E-state index is 14.4. The smallest absolute Gasteiger partial charge is 0.347 e. The minimum Gasteiger partial charge on any atom is -0.492 e. The number of carbonyl (C=O) groups is 4. The van der Waals surface area contributed by atoms with Gasteiger partial charge in [-0.2, -0.15) is 0 Å². The molecule has 3 aliphatic rings. The number of amides is 2. The van der Waals surface area contributed by atoms with Crippen molar-refractivity contribution in [2.24, 2.45) is 0 Å². The van der Waals surface area contributed by atoms with Gasteiger partial charge < -0.3 is 28.9 Å². The zero-order valence-electron chi connectivity index (χ0n) is 25.8. The number of likely N-dealkylation sites (tertiary alicyclic amines) is 2. The van der Waals surface area contributed by atoms with Gasteiger partial charge in [-0.15, -0.1) is 0 Å². The molecule has 0 bridgehead atoms. The van der Waals surface area contributed by atoms with E-state index in [1.807, 2.05) is 13.8 Å². The molecule has 1 aromatic carbocycles. The Morgan fingerprint density at radius 1 is 0.884 bits per heavy atom. The third-order valence-electron chi connectivity index (χ3n) is 8.25. The summed E-state index contributed by atoms with van der Waals surface area (Å²) in [7, 11) is 0. The third kappa shape index (κ3) is 9.03. The Morgan fingerprint density at radius 3 is 1.98 bits per heavy atom. The van der Waals surface area contributed by atoms with E-state index < -0.39 is 23.9 Å². The number of carbonyl (C=O) groups excluding carboxylic acids is 4. The van der Waals surface area contributed by atoms with Gasteiger partial charge in [-0.3, -0.25) is 9.69 Å². The van der Waals surface area contributed by atoms with Crippen LogP contribution in [0.5, 0.6) is 5.75 Å². The van der Waals surface area contributed by atoms with E-state index in [0.717, 1.165) is 70.6 Å². The van der Waals surface area contributed by atoms with Gasteiger partial charge in [0.1, 0.15) is 12.4 Å². The van der Waals surface area contributed by atoms with Gasteiger partial charge in [-0.1, -0.05) is 0 Å². The van der Waals surface area contributed by atoms with Gasteiger partial charge >= 0.3 is 23.9 Å². The Hall–Kier alpha value is -3.44. The van der Waals surface area contributed by atoms with Gasteiger partial charge in [0.15, 0.2) is 5.78 Å². The Bertz CT molecular complexity index is 1120. The van der Waals surface area contributed by atoms with Gasteiger partial charge in [0.25, 0.3) is 0 Å². The second-order valence-corrected chi connectivity index (χ2v) is 11.7. The summed E-state index contributed by atoms with van der Waals surface area (Å²) in [6, 6.07) is 6.26. The molecule has 0 unspecified atom stereocenters. The van der Waals surface area contributed by atoms with Crippen LogP contribution in [0.1, 0.15) is 69.7 Å². The van der Waals surface area contributed by atoms with Crippen molar-refractivity contribution in [3.8, 4) is 5.75 Å². The van der Waals surface area contributed by atoms with Crippen molar-refractivity contribution < 1.29 is 33.4 Å². The average molecular weight is 599 g/mol. The van der Waals surface area contributed by atoms with Gasteiger partial charge in [0.05, 0.1) is 13.0 Å². The topological polar surface area (TPSA) is 109 Å². The fourth-order valence-corrected chi connectivity index (χ4v) is 5.84. The van der Waals surface area contributed by atoms with E-state index in [1.165, 1.54) is 11.8 Å². The molecule has 236 valence electrons. The first kappa shape index (κ1) is 32.5. The van der Waals surface area contributed by atoms with E-state index in [0.29, 0.717) is 24.3 Å². The van der Waals surface area contributed by atoms with Crippen LogP contribution in [0.15, 0.2) is 36.4 Å². The highest BCUT2D eigenvalue weighted by Gasteiger charge is 2.49. The number of rotatable bonds is 14. The van der Waals surface area contributed by atoms with Crippen molar-refractivity contribution in [1.82, 2.24) is 19.6 Å². The van der Waals surface area contributed by atoms with E-state index in [2.05, 4.69) is 9.80 Å². The quantitative estimate of drug-likeness (QED) is 0.234. The standard InChI is InChI=1S/C32H46N4O7/c1-25(2)35(23-24-41-28-11-9-27(10-12-28)26(3)37)31(40)36(21-8-20-33-16-4-5-17-33)32(15-22-34-18-6-7-19-34)42-29(38)13-14-30(39)43-32/h9-14,25H,4-8,15-24H2,1-3H3. The number of hydrogen-bond acceptors (Lipinski definition) is 9. The fourth-order valence-electron chi connectivity index (χ4n) is 5.84. The molecule has 4 rings (SSSR count). The maximum Gasteiger partial charge on any atom is 0.347 e. The van der Waals surface area contributed by atoms with Crippen LogP contribution >= 0.6 is 0 Å². The monoisotopic (exact) mass is 598 g/mol. The molecule has 0 saturated carbocycles. The Morgan fingerprint density at radius 2 is 1.44 bits per heavy atom. The lowest BCUT2D eigenvalue weighted by atomic mass is 10.1. The molecule has 3 heterocycles. The first-order valence-corrected chi connectivity index (χ1v) is 15.6. The van der Waals surface area contributed by atoms with Gasteiger partial charge in [-0.25, -0.2) is 14.4 Å². The lowest BCUT2D eigenvalue weighted by Gasteiger charge is -2.44. The second-order valence-electron chi connectivity index (χ2n) is 11.7. The minimum atomic E-state index is -1.88. The summed E-state index contributed by atoms with van der Waals surface area (Å²) < 4.78 is 17.7. The van der Waals surface area contributed by atoms with Crippen molar-refractivity contribution >= 4 is 23.8 Å². The lowest BCUT2D eigenvalue weighted by molar-refractivity contribution is -0.274. The van der Waals surface area contributed by atoms with E-state index in [9.17, 15) is 19.2 Å². The summed E-state index contributed by atoms with van der Waals surface area (Å²) in [5, 5.41) is 0. The Kier molecular flexibility index (Phi) is 11.6. The largest absolute Gasteiger partial charge is 0.492 e. The van der Waals surface area contributed by atoms with Crippen LogP contribution in [-0.4, -0.2) is 114 Å². The van der Waals surface area contributed by atoms with E-state index in [4.69, 9.17) is 14.2 Å². The molecular weight excluding hydrogens is 552 g/mol. The van der Waals surface area contributed by atoms with Gasteiger partial charge in [-0.05, 0) is 110 Å². The molecule has 2 saturated heterocycles. The molecule has 0 atom stereocenters. The number of ether oxygens (including phenoxy) is 3. The van der Waals surface area contributed by atoms with Crippen LogP contribution < -0.4 is 4.74 Å². The fraction of sp³-hybridized carbons (Fsp3) is 0.625. The number of hydrogen-bond donors (Lipinski definition) is 0. The Balaban J connectivity index is 1.55. The Labute approximate surface area is 254 Å². The lowest BCUT2D eigenvalue weighted by Crippen LogP contribution is -2.62. The molecule has 11 nitrogen and oxygen atoms in total. The van der Waals surface area contributed by atoms with Crippen molar-refractivity contribution in [3.63, 3.8) is 0 Å². The molecule has 3 aliphatic heterocycles. The SMILES string of the molecule is CC(=O)c1ccc(OCCN(C(=O)N(CCCN2CCCC2)C2(CCN3CCCC3)OC(=O)C=CC(=O)O2)C(C)C)cc1. The zero-order valence-corrected chi connectivity index (χ0v) is 25.8. The highest BCUT2D eigenvalue weighted by Crippen LogP contribution is 2.30. The van der Waals surface area contributed by atoms with Crippen molar-refractivity contribution in [2.75, 3.05) is 59.0 Å². The van der Waals surface area contributed by atoms with E-state index in [-0.39, 0.29) is 37.9 Å². The predicted octanol–water partition coefficient (Wildman–Crippen LogP) is 3.68. The van der Waals surface area contributed by atoms with Crippen molar-refractivity contribution in [2.45, 2.75) is 71.2 Å². The van der Waals surface area contributed by atoms with E-state index in [1.54, 1.807) is 29.2 Å². The molecular formula is C32H46N4O7.